The van der Waals surface area contributed by atoms with Gasteiger partial charge in [-0.25, -0.2) is 0 Å². The lowest BCUT2D eigenvalue weighted by molar-refractivity contribution is -0.135. The summed E-state index contributed by atoms with van der Waals surface area (Å²) in [6.07, 6.45) is 5.28. The lowest BCUT2D eigenvalue weighted by atomic mass is 9.86. The molecule has 1 N–H and O–H groups in total. The number of amides is 1. The van der Waals surface area contributed by atoms with Crippen LogP contribution in [0.15, 0.2) is 23.0 Å². The summed E-state index contributed by atoms with van der Waals surface area (Å²) in [5, 5.41) is 10.0. The summed E-state index contributed by atoms with van der Waals surface area (Å²) in [6.45, 7) is 0.487. The van der Waals surface area contributed by atoms with Crippen LogP contribution in [0.25, 0.3) is 5.57 Å². The first-order valence-corrected chi connectivity index (χ1v) is 9.42. The fraction of sp³-hybridized carbons (Fsp3) is 0.600. The fourth-order valence-corrected chi connectivity index (χ4v) is 5.13. The maximum atomic E-state index is 13.2. The number of aromatic nitrogens is 1. The van der Waals surface area contributed by atoms with Crippen LogP contribution < -0.4 is 5.56 Å². The van der Waals surface area contributed by atoms with E-state index in [1.807, 2.05) is 23.7 Å². The highest BCUT2D eigenvalue weighted by molar-refractivity contribution is 5.80. The molecular weight excluding hydrogens is 330 g/mol. The lowest BCUT2D eigenvalue weighted by Crippen LogP contribution is -2.45. The predicted octanol–water partition coefficient (Wildman–Crippen LogP) is 1.10. The number of aliphatic hydroxyl groups excluding tert-OH is 1. The van der Waals surface area contributed by atoms with Crippen LogP contribution in [0.5, 0.6) is 0 Å². The predicted molar refractivity (Wildman–Crippen MR) is 99.6 cm³/mol. The van der Waals surface area contributed by atoms with Crippen molar-refractivity contribution >= 4 is 11.5 Å². The molecular formula is C20H27N3O3. The van der Waals surface area contributed by atoms with Crippen molar-refractivity contribution in [3.8, 4) is 0 Å². The molecule has 1 aliphatic carbocycles. The number of carbonyl (C=O) groups is 1. The van der Waals surface area contributed by atoms with Crippen LogP contribution in [-0.2, 0) is 11.3 Å². The van der Waals surface area contributed by atoms with Crippen LogP contribution in [0, 0.1) is 11.8 Å². The SMILES string of the molecule is CN(C)C(=O)[C@@H]1[C@@H](CO)[C@@H]2Cn3c(ccc(C4=CCCC4)c3=O)[C@H]1N2C. The average molecular weight is 357 g/mol. The van der Waals surface area contributed by atoms with Gasteiger partial charge in [0.25, 0.3) is 5.56 Å². The van der Waals surface area contributed by atoms with Crippen molar-refractivity contribution in [3.05, 3.63) is 39.8 Å². The number of hydrogen-bond donors (Lipinski definition) is 1. The Hall–Kier alpha value is -1.92. The minimum absolute atomic E-state index is 0.00286. The second-order valence-corrected chi connectivity index (χ2v) is 7.99. The lowest BCUT2D eigenvalue weighted by Gasteiger charge is -2.35. The molecule has 1 amide bonds. The summed E-state index contributed by atoms with van der Waals surface area (Å²) in [6, 6.07) is 3.78. The van der Waals surface area contributed by atoms with Crippen molar-refractivity contribution in [2.75, 3.05) is 27.7 Å². The molecule has 2 bridgehead atoms. The summed E-state index contributed by atoms with van der Waals surface area (Å²) >= 11 is 0. The minimum Gasteiger partial charge on any atom is -0.396 e. The Labute approximate surface area is 153 Å². The molecule has 2 aliphatic heterocycles. The number of rotatable bonds is 3. The van der Waals surface area contributed by atoms with E-state index in [0.717, 1.165) is 36.1 Å². The summed E-state index contributed by atoms with van der Waals surface area (Å²) in [4.78, 5) is 29.8. The number of fused-ring (bicyclic) bond motifs is 4. The zero-order chi connectivity index (χ0) is 18.6. The molecule has 4 atom stereocenters. The molecule has 6 heteroatoms. The second kappa shape index (κ2) is 6.35. The van der Waals surface area contributed by atoms with Crippen molar-refractivity contribution in [2.45, 2.75) is 37.9 Å². The second-order valence-electron chi connectivity index (χ2n) is 7.99. The number of hydrogen-bond acceptors (Lipinski definition) is 4. The van der Waals surface area contributed by atoms with Crippen molar-refractivity contribution in [3.63, 3.8) is 0 Å². The molecule has 3 heterocycles. The summed E-state index contributed by atoms with van der Waals surface area (Å²) < 4.78 is 1.86. The van der Waals surface area contributed by atoms with E-state index in [-0.39, 0.29) is 42.0 Å². The number of aliphatic hydroxyl groups is 1. The summed E-state index contributed by atoms with van der Waals surface area (Å²) in [7, 11) is 5.51. The number of likely N-dealkylation sites (N-methyl/N-ethyl adjacent to an activating group) is 1. The van der Waals surface area contributed by atoms with E-state index in [0.29, 0.717) is 6.54 Å². The van der Waals surface area contributed by atoms with Gasteiger partial charge in [-0.1, -0.05) is 6.08 Å². The van der Waals surface area contributed by atoms with Crippen LogP contribution in [0.4, 0.5) is 0 Å². The average Bonchev–Trinajstić information content (AvgIpc) is 3.19. The van der Waals surface area contributed by atoms with E-state index >= 15 is 0 Å². The van der Waals surface area contributed by atoms with Crippen molar-refractivity contribution in [2.24, 2.45) is 11.8 Å². The molecule has 0 saturated carbocycles. The third kappa shape index (κ3) is 2.39. The third-order valence-corrected chi connectivity index (χ3v) is 6.46. The molecule has 1 saturated heterocycles. The molecule has 0 unspecified atom stereocenters. The number of nitrogens with zero attached hydrogens (tertiary/aromatic N) is 3. The highest BCUT2D eigenvalue weighted by Crippen LogP contribution is 2.47. The summed E-state index contributed by atoms with van der Waals surface area (Å²) in [5.41, 5.74) is 2.89. The molecule has 3 aliphatic rings. The van der Waals surface area contributed by atoms with E-state index in [1.165, 1.54) is 0 Å². The van der Waals surface area contributed by atoms with E-state index in [2.05, 4.69) is 11.0 Å². The van der Waals surface area contributed by atoms with Crippen LogP contribution in [0.2, 0.25) is 0 Å². The smallest absolute Gasteiger partial charge is 0.258 e. The molecule has 0 spiro atoms. The highest BCUT2D eigenvalue weighted by atomic mass is 16.3. The summed E-state index contributed by atoms with van der Waals surface area (Å²) in [5.74, 6) is -0.463. The number of carbonyl (C=O) groups excluding carboxylic acids is 1. The molecule has 1 aromatic rings. The first-order valence-electron chi connectivity index (χ1n) is 9.42. The van der Waals surface area contributed by atoms with Gasteiger partial charge in [-0.15, -0.1) is 0 Å². The largest absolute Gasteiger partial charge is 0.396 e. The number of allylic oxidation sites excluding steroid dienone is 2. The van der Waals surface area contributed by atoms with Gasteiger partial charge in [-0.05, 0) is 44.0 Å². The van der Waals surface area contributed by atoms with Gasteiger partial charge in [-0.2, -0.15) is 0 Å². The van der Waals surface area contributed by atoms with E-state index in [1.54, 1.807) is 19.0 Å². The van der Waals surface area contributed by atoms with Crippen LogP contribution >= 0.6 is 0 Å². The van der Waals surface area contributed by atoms with Crippen LogP contribution in [0.1, 0.15) is 36.6 Å². The van der Waals surface area contributed by atoms with Gasteiger partial charge in [0.15, 0.2) is 0 Å². The minimum atomic E-state index is -0.324. The fourth-order valence-electron chi connectivity index (χ4n) is 5.13. The van der Waals surface area contributed by atoms with Crippen LogP contribution in [0.3, 0.4) is 0 Å². The van der Waals surface area contributed by atoms with Crippen LogP contribution in [-0.4, -0.2) is 59.2 Å². The van der Waals surface area contributed by atoms with Gasteiger partial charge < -0.3 is 14.6 Å². The monoisotopic (exact) mass is 357 g/mol. The molecule has 6 nitrogen and oxygen atoms in total. The van der Waals surface area contributed by atoms with Gasteiger partial charge in [0.1, 0.15) is 0 Å². The topological polar surface area (TPSA) is 65.8 Å². The van der Waals surface area contributed by atoms with Crippen molar-refractivity contribution < 1.29 is 9.90 Å². The Bertz CT molecular complexity index is 826. The number of pyridine rings is 1. The van der Waals surface area contributed by atoms with Gasteiger partial charge in [0, 0.05) is 50.5 Å². The molecule has 140 valence electrons. The Morgan fingerprint density at radius 1 is 1.35 bits per heavy atom. The van der Waals surface area contributed by atoms with Crippen molar-refractivity contribution in [1.29, 1.82) is 0 Å². The molecule has 4 rings (SSSR count). The highest BCUT2D eigenvalue weighted by Gasteiger charge is 2.54. The van der Waals surface area contributed by atoms with E-state index in [4.69, 9.17) is 0 Å². The molecule has 1 fully saturated rings. The zero-order valence-electron chi connectivity index (χ0n) is 15.7. The molecule has 0 radical (unpaired) electrons. The van der Waals surface area contributed by atoms with Crippen molar-refractivity contribution in [1.82, 2.24) is 14.4 Å². The first kappa shape index (κ1) is 17.5. The Morgan fingerprint density at radius 2 is 2.12 bits per heavy atom. The third-order valence-electron chi connectivity index (χ3n) is 6.46. The normalized spacial score (nSPS) is 30.2. The Morgan fingerprint density at radius 3 is 2.73 bits per heavy atom. The Balaban J connectivity index is 1.83. The standard InChI is InChI=1S/C20H27N3O3/c1-21(2)20(26)17-14(11-24)16-10-23-15(18(17)22(16)3)9-8-13(19(23)25)12-6-4-5-7-12/h6,8-9,14,16-18,24H,4-5,7,10-11H2,1-3H3/t14-,16-,17+,18+/m0/s1. The first-order chi connectivity index (χ1) is 12.5. The molecule has 0 aromatic carbocycles. The maximum absolute atomic E-state index is 13.2. The van der Waals surface area contributed by atoms with Gasteiger partial charge in [0.2, 0.25) is 5.91 Å². The molecule has 26 heavy (non-hydrogen) atoms. The van der Waals surface area contributed by atoms with Gasteiger partial charge >= 0.3 is 0 Å². The zero-order valence-corrected chi connectivity index (χ0v) is 15.7. The van der Waals surface area contributed by atoms with E-state index < -0.39 is 0 Å². The Kier molecular flexibility index (Phi) is 4.28. The quantitative estimate of drug-likeness (QED) is 0.880. The maximum Gasteiger partial charge on any atom is 0.258 e. The van der Waals surface area contributed by atoms with E-state index in [9.17, 15) is 14.7 Å². The van der Waals surface area contributed by atoms with Gasteiger partial charge in [0.05, 0.1) is 12.0 Å². The molecule has 1 aromatic heterocycles. The van der Waals surface area contributed by atoms with Gasteiger partial charge in [-0.3, -0.25) is 14.5 Å².